The number of carbonyl (C=O) groups is 4. The molecule has 0 aliphatic rings. The summed E-state index contributed by atoms with van der Waals surface area (Å²) in [4.78, 5) is 80.8. The first kappa shape index (κ1) is 33.5. The van der Waals surface area contributed by atoms with Crippen LogP contribution in [-0.2, 0) is 0 Å². The van der Waals surface area contributed by atoms with Crippen molar-refractivity contribution in [3.63, 3.8) is 0 Å². The van der Waals surface area contributed by atoms with E-state index >= 15 is 0 Å². The quantitative estimate of drug-likeness (QED) is 0.140. The molecule has 10 nitrogen and oxygen atoms in total. The minimum atomic E-state index is -0.590. The standard InChI is InChI=1S/C40H30O10/c1-19(41)27-15-29(21(3)43)37(39-35(27)31(45)17-33(49-39)23-7-11-25(47-5)12-8-23)38-30(22(4)44)16-28(20(2)42)36-32(46)18-34(50-40(36)38)24-9-13-26(48-6)14-10-24/h7-18H,1-6H3. The molecule has 0 N–H and O–H groups in total. The number of benzene rings is 4. The Balaban J connectivity index is 1.87. The van der Waals surface area contributed by atoms with E-state index in [-0.39, 0.29) is 66.8 Å². The number of hydrogen-bond acceptors (Lipinski definition) is 10. The van der Waals surface area contributed by atoms with Gasteiger partial charge in [0.2, 0.25) is 0 Å². The normalized spacial score (nSPS) is 11.1. The second kappa shape index (κ2) is 12.9. The number of rotatable bonds is 9. The molecule has 0 saturated heterocycles. The lowest BCUT2D eigenvalue weighted by molar-refractivity contribution is 0.0998. The summed E-state index contributed by atoms with van der Waals surface area (Å²) in [5.41, 5.74) is -0.982. The highest BCUT2D eigenvalue weighted by Gasteiger charge is 2.30. The van der Waals surface area contributed by atoms with Crippen molar-refractivity contribution in [3.05, 3.63) is 115 Å². The van der Waals surface area contributed by atoms with Gasteiger partial charge in [-0.15, -0.1) is 0 Å². The number of methoxy groups -OCH3 is 2. The number of ether oxygens (including phenoxy) is 2. The molecule has 0 radical (unpaired) electrons. The number of Topliss-reactive ketones (excluding diaryl/α,β-unsaturated/α-hetero) is 4. The van der Waals surface area contributed by atoms with Gasteiger partial charge in [-0.1, -0.05) is 0 Å². The Kier molecular flexibility index (Phi) is 8.63. The second-order valence-corrected chi connectivity index (χ2v) is 11.7. The first-order chi connectivity index (χ1) is 23.8. The van der Waals surface area contributed by atoms with Gasteiger partial charge in [0, 0.05) is 56.6 Å². The third-order valence-corrected chi connectivity index (χ3v) is 8.52. The summed E-state index contributed by atoms with van der Waals surface area (Å²) >= 11 is 0. The van der Waals surface area contributed by atoms with Crippen LogP contribution in [0.4, 0.5) is 0 Å². The van der Waals surface area contributed by atoms with Crippen LogP contribution in [0.5, 0.6) is 11.5 Å². The summed E-state index contributed by atoms with van der Waals surface area (Å²) in [5.74, 6) is -0.784. The van der Waals surface area contributed by atoms with E-state index in [1.54, 1.807) is 48.5 Å². The van der Waals surface area contributed by atoms with Crippen molar-refractivity contribution in [1.29, 1.82) is 0 Å². The van der Waals surface area contributed by atoms with Crippen molar-refractivity contribution in [1.82, 2.24) is 0 Å². The van der Waals surface area contributed by atoms with Crippen molar-refractivity contribution in [2.24, 2.45) is 0 Å². The lowest BCUT2D eigenvalue weighted by atomic mass is 9.85. The molecule has 0 atom stereocenters. The third-order valence-electron chi connectivity index (χ3n) is 8.52. The minimum absolute atomic E-state index is 0.0507. The smallest absolute Gasteiger partial charge is 0.194 e. The second-order valence-electron chi connectivity index (χ2n) is 11.7. The summed E-state index contributed by atoms with van der Waals surface area (Å²) in [6.07, 6.45) is 0. The SMILES string of the molecule is COc1ccc(-c2cc(=O)c3c(C(C)=O)cc(C(C)=O)c(-c4c(C(C)=O)cc(C(C)=O)c5c(=O)cc(-c6ccc(OC)cc6)oc45)c3o2)cc1. The Hall–Kier alpha value is -6.42. The van der Waals surface area contributed by atoms with Crippen LogP contribution < -0.4 is 20.3 Å². The van der Waals surface area contributed by atoms with E-state index < -0.39 is 34.0 Å². The van der Waals surface area contributed by atoms with Crippen LogP contribution in [0.3, 0.4) is 0 Å². The first-order valence-electron chi connectivity index (χ1n) is 15.5. The number of fused-ring (bicyclic) bond motifs is 2. The van der Waals surface area contributed by atoms with Gasteiger partial charge in [0.1, 0.15) is 34.2 Å². The fourth-order valence-corrected chi connectivity index (χ4v) is 6.07. The predicted molar refractivity (Wildman–Crippen MR) is 188 cm³/mol. The molecule has 2 aromatic heterocycles. The maximum absolute atomic E-state index is 13.9. The zero-order valence-corrected chi connectivity index (χ0v) is 28.0. The number of ketones is 4. The van der Waals surface area contributed by atoms with Gasteiger partial charge in [-0.3, -0.25) is 28.8 Å². The Morgan fingerprint density at radius 1 is 0.480 bits per heavy atom. The fourth-order valence-electron chi connectivity index (χ4n) is 6.07. The van der Waals surface area contributed by atoms with Crippen molar-refractivity contribution >= 4 is 45.1 Å². The van der Waals surface area contributed by atoms with Crippen LogP contribution in [0.2, 0.25) is 0 Å². The molecule has 0 aliphatic heterocycles. The van der Waals surface area contributed by atoms with Gasteiger partial charge in [0.25, 0.3) is 0 Å². The van der Waals surface area contributed by atoms with Crippen LogP contribution in [0.15, 0.2) is 91.2 Å². The highest BCUT2D eigenvalue weighted by molar-refractivity contribution is 6.22. The maximum atomic E-state index is 13.9. The molecule has 0 fully saturated rings. The summed E-state index contributed by atoms with van der Waals surface area (Å²) in [6.45, 7) is 5.04. The molecular formula is C40H30O10. The van der Waals surface area contributed by atoms with Crippen LogP contribution in [0, 0.1) is 0 Å². The molecule has 0 spiro atoms. The van der Waals surface area contributed by atoms with Gasteiger partial charge < -0.3 is 18.3 Å². The zero-order valence-electron chi connectivity index (χ0n) is 28.0. The van der Waals surface area contributed by atoms with E-state index in [4.69, 9.17) is 18.3 Å². The molecule has 6 aromatic rings. The van der Waals surface area contributed by atoms with Gasteiger partial charge in [-0.2, -0.15) is 0 Å². The molecule has 6 rings (SSSR count). The van der Waals surface area contributed by atoms with Gasteiger partial charge in [0.15, 0.2) is 34.0 Å². The lowest BCUT2D eigenvalue weighted by Crippen LogP contribution is -2.14. The third kappa shape index (κ3) is 5.70. The summed E-state index contributed by atoms with van der Waals surface area (Å²) < 4.78 is 23.4. The molecule has 10 heteroatoms. The van der Waals surface area contributed by atoms with Gasteiger partial charge in [-0.05, 0) is 88.4 Å². The van der Waals surface area contributed by atoms with Crippen LogP contribution >= 0.6 is 0 Å². The van der Waals surface area contributed by atoms with E-state index in [1.807, 2.05) is 0 Å². The zero-order chi connectivity index (χ0) is 36.0. The highest BCUT2D eigenvalue weighted by atomic mass is 16.5. The summed E-state index contributed by atoms with van der Waals surface area (Å²) in [7, 11) is 3.02. The molecule has 4 aromatic carbocycles. The molecule has 0 aliphatic carbocycles. The van der Waals surface area contributed by atoms with Gasteiger partial charge in [0.05, 0.1) is 25.0 Å². The van der Waals surface area contributed by atoms with Crippen molar-refractivity contribution in [2.45, 2.75) is 27.7 Å². The Morgan fingerprint density at radius 3 is 1.08 bits per heavy atom. The average molecular weight is 671 g/mol. The Labute approximate surface area is 284 Å². The van der Waals surface area contributed by atoms with Crippen LogP contribution in [0.1, 0.15) is 69.1 Å². The highest BCUT2D eigenvalue weighted by Crippen LogP contribution is 2.43. The predicted octanol–water partition coefficient (Wildman–Crippen LogP) is 7.73. The van der Waals surface area contributed by atoms with Crippen LogP contribution in [-0.4, -0.2) is 37.4 Å². The van der Waals surface area contributed by atoms with E-state index in [9.17, 15) is 28.8 Å². The maximum Gasteiger partial charge on any atom is 0.194 e. The van der Waals surface area contributed by atoms with Crippen LogP contribution in [0.25, 0.3) is 55.7 Å². The van der Waals surface area contributed by atoms with E-state index in [0.717, 1.165) is 0 Å². The molecule has 250 valence electrons. The Bertz CT molecular complexity index is 2350. The summed E-state index contributed by atoms with van der Waals surface area (Å²) in [5, 5.41) is -0.275. The monoisotopic (exact) mass is 670 g/mol. The van der Waals surface area contributed by atoms with E-state index in [1.165, 1.54) is 66.2 Å². The fraction of sp³-hybridized carbons (Fsp3) is 0.150. The minimum Gasteiger partial charge on any atom is -0.497 e. The number of hydrogen-bond donors (Lipinski definition) is 0. The molecule has 0 bridgehead atoms. The molecule has 2 heterocycles. The topological polar surface area (TPSA) is 147 Å². The average Bonchev–Trinajstić information content (AvgIpc) is 3.09. The molecule has 50 heavy (non-hydrogen) atoms. The van der Waals surface area contributed by atoms with Crippen molar-refractivity contribution in [3.8, 4) is 45.3 Å². The molecule has 0 unspecified atom stereocenters. The number of carbonyl (C=O) groups excluding carboxylic acids is 4. The Morgan fingerprint density at radius 2 is 0.800 bits per heavy atom. The largest absolute Gasteiger partial charge is 0.497 e. The van der Waals surface area contributed by atoms with Crippen molar-refractivity contribution < 1.29 is 37.5 Å². The van der Waals surface area contributed by atoms with E-state index in [2.05, 4.69) is 0 Å². The molecule has 0 saturated carbocycles. The first-order valence-corrected chi connectivity index (χ1v) is 15.5. The summed E-state index contributed by atoms with van der Waals surface area (Å²) in [6, 6.07) is 18.4. The van der Waals surface area contributed by atoms with E-state index in [0.29, 0.717) is 22.6 Å². The van der Waals surface area contributed by atoms with Gasteiger partial charge in [-0.25, -0.2) is 0 Å². The molecular weight excluding hydrogens is 640 g/mol. The van der Waals surface area contributed by atoms with Crippen molar-refractivity contribution in [2.75, 3.05) is 14.2 Å². The van der Waals surface area contributed by atoms with Gasteiger partial charge >= 0.3 is 0 Å². The lowest BCUT2D eigenvalue weighted by Gasteiger charge is -2.19. The molecule has 0 amide bonds.